The Morgan fingerprint density at radius 3 is 2.62 bits per heavy atom. The van der Waals surface area contributed by atoms with E-state index in [4.69, 9.17) is 4.74 Å². The lowest BCUT2D eigenvalue weighted by Crippen LogP contribution is -2.28. The number of alkyl halides is 3. The van der Waals surface area contributed by atoms with Gasteiger partial charge in [0, 0.05) is 11.8 Å². The third-order valence-electron chi connectivity index (χ3n) is 3.55. The second-order valence-corrected chi connectivity index (χ2v) is 5.23. The number of amides is 1. The smallest absolute Gasteiger partial charge is 0.354 e. The van der Waals surface area contributed by atoms with Crippen molar-refractivity contribution in [2.75, 3.05) is 11.5 Å². The molecule has 1 unspecified atom stereocenters. The summed E-state index contributed by atoms with van der Waals surface area (Å²) in [5.41, 5.74) is 0.204. The summed E-state index contributed by atoms with van der Waals surface area (Å²) in [4.78, 5) is 13.3. The van der Waals surface area contributed by atoms with Gasteiger partial charge in [-0.3, -0.25) is 9.69 Å². The summed E-state index contributed by atoms with van der Waals surface area (Å²) in [5.74, 6) is -0.0707. The van der Waals surface area contributed by atoms with Crippen molar-refractivity contribution in [3.05, 3.63) is 42.1 Å². The van der Waals surface area contributed by atoms with Gasteiger partial charge in [0.05, 0.1) is 5.69 Å². The summed E-state index contributed by atoms with van der Waals surface area (Å²) in [6.07, 6.45) is -1.07. The fraction of sp³-hybridized carbons (Fsp3) is 0.400. The highest BCUT2D eigenvalue weighted by Gasteiger charge is 2.45. The van der Waals surface area contributed by atoms with Crippen molar-refractivity contribution in [1.29, 1.82) is 0 Å². The van der Waals surface area contributed by atoms with Gasteiger partial charge >= 0.3 is 6.18 Å². The minimum absolute atomic E-state index is 0.0312. The molecule has 1 fully saturated rings. The standard InChI is InChI=1S/C15H14F3NO2/c16-15(17,18)14-11-3-1-2-4-12(11)19(13(20)9-21-14)8-7-10-5-6-10/h1-4,7-8,10,14H,5-6,9H2. The number of rotatable bonds is 2. The molecule has 0 aromatic heterocycles. The van der Waals surface area contributed by atoms with E-state index >= 15 is 0 Å². The van der Waals surface area contributed by atoms with Crippen molar-refractivity contribution in [1.82, 2.24) is 0 Å². The van der Waals surface area contributed by atoms with Gasteiger partial charge in [0.2, 0.25) is 0 Å². The minimum Gasteiger partial charge on any atom is -0.354 e. The lowest BCUT2D eigenvalue weighted by molar-refractivity contribution is -0.221. The number of hydrogen-bond donors (Lipinski definition) is 0. The molecule has 1 aliphatic heterocycles. The third kappa shape index (κ3) is 2.95. The van der Waals surface area contributed by atoms with Crippen molar-refractivity contribution >= 4 is 11.6 Å². The van der Waals surface area contributed by atoms with Crippen LogP contribution in [0, 0.1) is 5.92 Å². The number of para-hydroxylation sites is 1. The number of allylic oxidation sites excluding steroid dienone is 1. The van der Waals surface area contributed by atoms with E-state index in [1.165, 1.54) is 23.1 Å². The van der Waals surface area contributed by atoms with E-state index in [9.17, 15) is 18.0 Å². The molecule has 0 saturated heterocycles. The fourth-order valence-corrected chi connectivity index (χ4v) is 2.31. The molecular formula is C15H14F3NO2. The Hall–Kier alpha value is -1.82. The first-order valence-corrected chi connectivity index (χ1v) is 6.74. The molecule has 112 valence electrons. The Kier molecular flexibility index (Phi) is 3.49. The predicted octanol–water partition coefficient (Wildman–Crippen LogP) is 3.58. The molecule has 1 aliphatic carbocycles. The summed E-state index contributed by atoms with van der Waals surface area (Å²) < 4.78 is 44.1. The van der Waals surface area contributed by atoms with Crippen LogP contribution in [0.2, 0.25) is 0 Å². The molecule has 3 nitrogen and oxygen atoms in total. The van der Waals surface area contributed by atoms with E-state index in [1.807, 2.05) is 6.08 Å². The van der Waals surface area contributed by atoms with Gasteiger partial charge in [-0.2, -0.15) is 13.2 Å². The maximum atomic E-state index is 13.1. The number of halogens is 3. The fourth-order valence-electron chi connectivity index (χ4n) is 2.31. The summed E-state index contributed by atoms with van der Waals surface area (Å²) >= 11 is 0. The number of hydrogen-bond acceptors (Lipinski definition) is 2. The quantitative estimate of drug-likeness (QED) is 0.835. The number of carbonyl (C=O) groups is 1. The Morgan fingerprint density at radius 2 is 1.95 bits per heavy atom. The lowest BCUT2D eigenvalue weighted by atomic mass is 10.1. The van der Waals surface area contributed by atoms with Crippen molar-refractivity contribution in [2.45, 2.75) is 25.1 Å². The SMILES string of the molecule is O=C1COC(C(F)(F)F)c2ccccc2N1C=CC1CC1. The zero-order valence-corrected chi connectivity index (χ0v) is 11.1. The van der Waals surface area contributed by atoms with Crippen LogP contribution in [0.25, 0.3) is 0 Å². The van der Waals surface area contributed by atoms with Crippen LogP contribution in [0.4, 0.5) is 18.9 Å². The first-order chi connectivity index (χ1) is 9.97. The van der Waals surface area contributed by atoms with Crippen LogP contribution < -0.4 is 4.90 Å². The van der Waals surface area contributed by atoms with Gasteiger partial charge in [-0.1, -0.05) is 24.3 Å². The van der Waals surface area contributed by atoms with Crippen LogP contribution in [0.15, 0.2) is 36.5 Å². The van der Waals surface area contributed by atoms with Crippen molar-refractivity contribution in [3.8, 4) is 0 Å². The Labute approximate surface area is 120 Å². The van der Waals surface area contributed by atoms with Crippen molar-refractivity contribution in [2.24, 2.45) is 5.92 Å². The largest absolute Gasteiger partial charge is 0.418 e. The van der Waals surface area contributed by atoms with E-state index in [0.29, 0.717) is 5.92 Å². The highest BCUT2D eigenvalue weighted by atomic mass is 19.4. The van der Waals surface area contributed by atoms with Crippen LogP contribution in [0.5, 0.6) is 0 Å². The first-order valence-electron chi connectivity index (χ1n) is 6.74. The average Bonchev–Trinajstić information content (AvgIpc) is 3.23. The number of carbonyl (C=O) groups excluding carboxylic acids is 1. The van der Waals surface area contributed by atoms with Crippen LogP contribution in [-0.4, -0.2) is 18.7 Å². The molecule has 1 aromatic carbocycles. The van der Waals surface area contributed by atoms with Crippen LogP contribution in [0.1, 0.15) is 24.5 Å². The summed E-state index contributed by atoms with van der Waals surface area (Å²) in [5, 5.41) is 0. The normalized spacial score (nSPS) is 23.3. The van der Waals surface area contributed by atoms with Crippen molar-refractivity contribution in [3.63, 3.8) is 0 Å². The van der Waals surface area contributed by atoms with Gasteiger partial charge < -0.3 is 4.74 Å². The summed E-state index contributed by atoms with van der Waals surface area (Å²) in [6, 6.07) is 5.99. The molecule has 21 heavy (non-hydrogen) atoms. The zero-order valence-electron chi connectivity index (χ0n) is 11.1. The van der Waals surface area contributed by atoms with Gasteiger partial charge in [-0.25, -0.2) is 0 Å². The molecule has 1 aromatic rings. The van der Waals surface area contributed by atoms with E-state index in [2.05, 4.69) is 0 Å². The predicted molar refractivity (Wildman–Crippen MR) is 70.5 cm³/mol. The van der Waals surface area contributed by atoms with Crippen LogP contribution in [-0.2, 0) is 9.53 Å². The van der Waals surface area contributed by atoms with Crippen LogP contribution >= 0.6 is 0 Å². The van der Waals surface area contributed by atoms with Gasteiger partial charge in [0.15, 0.2) is 6.10 Å². The second-order valence-electron chi connectivity index (χ2n) is 5.23. The average molecular weight is 297 g/mol. The minimum atomic E-state index is -4.55. The topological polar surface area (TPSA) is 29.5 Å². The molecular weight excluding hydrogens is 283 g/mol. The highest BCUT2D eigenvalue weighted by Crippen LogP contribution is 2.42. The van der Waals surface area contributed by atoms with Gasteiger partial charge in [0.25, 0.3) is 5.91 Å². The second kappa shape index (κ2) is 5.18. The maximum Gasteiger partial charge on any atom is 0.418 e. The van der Waals surface area contributed by atoms with Gasteiger partial charge in [-0.15, -0.1) is 0 Å². The molecule has 1 heterocycles. The van der Waals surface area contributed by atoms with Gasteiger partial charge in [-0.05, 0) is 24.8 Å². The molecule has 6 heteroatoms. The molecule has 0 N–H and O–H groups in total. The van der Waals surface area contributed by atoms with Crippen LogP contribution in [0.3, 0.4) is 0 Å². The Morgan fingerprint density at radius 1 is 1.24 bits per heavy atom. The first kappa shape index (κ1) is 14.1. The monoisotopic (exact) mass is 297 g/mol. The number of nitrogens with zero attached hydrogens (tertiary/aromatic N) is 1. The van der Waals surface area contributed by atoms with E-state index in [0.717, 1.165) is 12.8 Å². The molecule has 3 rings (SSSR count). The number of anilines is 1. The van der Waals surface area contributed by atoms with E-state index in [1.54, 1.807) is 12.3 Å². The van der Waals surface area contributed by atoms with E-state index in [-0.39, 0.29) is 11.3 Å². The number of benzene rings is 1. The Balaban J connectivity index is 2.02. The molecule has 1 amide bonds. The molecule has 1 saturated carbocycles. The highest BCUT2D eigenvalue weighted by molar-refractivity contribution is 5.97. The van der Waals surface area contributed by atoms with Gasteiger partial charge in [0.1, 0.15) is 6.61 Å². The number of ether oxygens (including phenoxy) is 1. The molecule has 0 bridgehead atoms. The van der Waals surface area contributed by atoms with Crippen molar-refractivity contribution < 1.29 is 22.7 Å². The molecule has 2 aliphatic rings. The Bertz CT molecular complexity index is 579. The molecule has 0 radical (unpaired) electrons. The summed E-state index contributed by atoms with van der Waals surface area (Å²) in [7, 11) is 0. The van der Waals surface area contributed by atoms with E-state index < -0.39 is 24.8 Å². The summed E-state index contributed by atoms with van der Waals surface area (Å²) in [6.45, 7) is -0.589. The number of fused-ring (bicyclic) bond motifs is 1. The molecule has 1 atom stereocenters. The lowest BCUT2D eigenvalue weighted by Gasteiger charge is -2.21. The maximum absolute atomic E-state index is 13.1. The zero-order chi connectivity index (χ0) is 15.0. The molecule has 0 spiro atoms. The third-order valence-corrected chi connectivity index (χ3v) is 3.55.